The smallest absolute Gasteiger partial charge is 0.331 e. The average molecular weight is 426 g/mol. The zero-order valence-electron chi connectivity index (χ0n) is 18.5. The summed E-state index contributed by atoms with van der Waals surface area (Å²) in [6, 6.07) is 13.0. The van der Waals surface area contributed by atoms with E-state index >= 15 is 0 Å². The van der Waals surface area contributed by atoms with Gasteiger partial charge in [-0.2, -0.15) is 0 Å². The van der Waals surface area contributed by atoms with E-state index in [1.807, 2.05) is 43.3 Å². The van der Waals surface area contributed by atoms with E-state index in [-0.39, 0.29) is 6.61 Å². The maximum absolute atomic E-state index is 12.0. The molecule has 31 heavy (non-hydrogen) atoms. The fourth-order valence-electron chi connectivity index (χ4n) is 2.71. The molecular formula is C25H31NO5. The number of nitrogens with one attached hydrogen (secondary N) is 1. The molecule has 0 bridgehead atoms. The highest BCUT2D eigenvalue weighted by Crippen LogP contribution is 2.29. The van der Waals surface area contributed by atoms with Crippen molar-refractivity contribution in [3.05, 3.63) is 59.7 Å². The van der Waals surface area contributed by atoms with Gasteiger partial charge >= 0.3 is 5.97 Å². The number of anilines is 1. The van der Waals surface area contributed by atoms with Crippen molar-refractivity contribution in [3.63, 3.8) is 0 Å². The monoisotopic (exact) mass is 425 g/mol. The predicted octanol–water partition coefficient (Wildman–Crippen LogP) is 5.02. The number of hydrogen-bond donors (Lipinski definition) is 1. The molecule has 166 valence electrons. The van der Waals surface area contributed by atoms with Gasteiger partial charge in [-0.3, -0.25) is 4.79 Å². The van der Waals surface area contributed by atoms with Gasteiger partial charge in [0.05, 0.1) is 13.2 Å². The molecule has 0 heterocycles. The Bertz CT molecular complexity index is 874. The molecule has 6 heteroatoms. The molecule has 0 saturated heterocycles. The van der Waals surface area contributed by atoms with Crippen LogP contribution in [0.1, 0.15) is 44.7 Å². The maximum Gasteiger partial charge on any atom is 0.331 e. The van der Waals surface area contributed by atoms with E-state index in [2.05, 4.69) is 19.2 Å². The number of amides is 1. The highest BCUT2D eigenvalue weighted by molar-refractivity contribution is 5.94. The minimum Gasteiger partial charge on any atom is -0.490 e. The molecule has 2 aromatic carbocycles. The van der Waals surface area contributed by atoms with Gasteiger partial charge in [-0.1, -0.05) is 38.5 Å². The lowest BCUT2D eigenvalue weighted by Crippen LogP contribution is -2.20. The Morgan fingerprint density at radius 1 is 0.968 bits per heavy atom. The lowest BCUT2D eigenvalue weighted by molar-refractivity contribution is -0.142. The summed E-state index contributed by atoms with van der Waals surface area (Å²) >= 11 is 0. The zero-order valence-corrected chi connectivity index (χ0v) is 18.5. The van der Waals surface area contributed by atoms with E-state index < -0.39 is 11.9 Å². The Morgan fingerprint density at radius 2 is 1.74 bits per heavy atom. The molecule has 2 rings (SSSR count). The van der Waals surface area contributed by atoms with E-state index in [1.165, 1.54) is 11.6 Å². The molecule has 1 amide bonds. The molecule has 0 fully saturated rings. The lowest BCUT2D eigenvalue weighted by Gasteiger charge is -2.12. The van der Waals surface area contributed by atoms with E-state index in [9.17, 15) is 9.59 Å². The van der Waals surface area contributed by atoms with Crippen molar-refractivity contribution in [2.75, 3.05) is 25.1 Å². The first-order chi connectivity index (χ1) is 15.0. The van der Waals surface area contributed by atoms with Crippen molar-refractivity contribution in [2.24, 2.45) is 0 Å². The largest absolute Gasteiger partial charge is 0.490 e. The van der Waals surface area contributed by atoms with Crippen LogP contribution in [0, 0.1) is 0 Å². The molecule has 2 aromatic rings. The van der Waals surface area contributed by atoms with Crippen LogP contribution in [0.4, 0.5) is 5.69 Å². The fraction of sp³-hybridized carbons (Fsp3) is 0.360. The second kappa shape index (κ2) is 13.1. The van der Waals surface area contributed by atoms with Crippen LogP contribution in [-0.2, 0) is 20.7 Å². The van der Waals surface area contributed by atoms with Gasteiger partial charge in [-0.25, -0.2) is 4.79 Å². The van der Waals surface area contributed by atoms with Gasteiger partial charge in [-0.15, -0.1) is 0 Å². The van der Waals surface area contributed by atoms with Crippen LogP contribution < -0.4 is 14.8 Å². The van der Waals surface area contributed by atoms with Gasteiger partial charge in [0.1, 0.15) is 0 Å². The van der Waals surface area contributed by atoms with E-state index in [0.717, 1.165) is 24.8 Å². The van der Waals surface area contributed by atoms with Crippen molar-refractivity contribution < 1.29 is 23.8 Å². The highest BCUT2D eigenvalue weighted by Gasteiger charge is 2.08. The van der Waals surface area contributed by atoms with Crippen LogP contribution in [0.2, 0.25) is 0 Å². The van der Waals surface area contributed by atoms with Crippen LogP contribution in [0.25, 0.3) is 6.08 Å². The van der Waals surface area contributed by atoms with Gasteiger partial charge in [0, 0.05) is 11.8 Å². The quantitative estimate of drug-likeness (QED) is 0.294. The second-order valence-electron chi connectivity index (χ2n) is 6.88. The summed E-state index contributed by atoms with van der Waals surface area (Å²) in [4.78, 5) is 23.9. The van der Waals surface area contributed by atoms with Gasteiger partial charge in [0.15, 0.2) is 18.1 Å². The number of aryl methyl sites for hydroxylation is 1. The van der Waals surface area contributed by atoms with Crippen molar-refractivity contribution in [3.8, 4) is 11.5 Å². The van der Waals surface area contributed by atoms with Crippen molar-refractivity contribution >= 4 is 23.6 Å². The third kappa shape index (κ3) is 8.54. The van der Waals surface area contributed by atoms with Crippen LogP contribution in [0.15, 0.2) is 48.5 Å². The van der Waals surface area contributed by atoms with Crippen LogP contribution in [0.5, 0.6) is 11.5 Å². The molecule has 0 radical (unpaired) electrons. The second-order valence-corrected chi connectivity index (χ2v) is 6.88. The minimum atomic E-state index is -0.599. The Hall–Kier alpha value is -3.28. The van der Waals surface area contributed by atoms with Gasteiger partial charge < -0.3 is 19.5 Å². The number of rotatable bonds is 12. The van der Waals surface area contributed by atoms with E-state index in [1.54, 1.807) is 12.1 Å². The highest BCUT2D eigenvalue weighted by atomic mass is 16.5. The van der Waals surface area contributed by atoms with Crippen LogP contribution >= 0.6 is 0 Å². The topological polar surface area (TPSA) is 73.9 Å². The van der Waals surface area contributed by atoms with Gasteiger partial charge in [-0.05, 0) is 61.2 Å². The molecule has 0 spiro atoms. The fourth-order valence-corrected chi connectivity index (χ4v) is 2.71. The molecule has 0 aliphatic heterocycles. The van der Waals surface area contributed by atoms with Gasteiger partial charge in [0.2, 0.25) is 0 Å². The molecule has 1 N–H and O–H groups in total. The normalized spacial score (nSPS) is 10.7. The minimum absolute atomic E-state index is 0.354. The summed E-state index contributed by atoms with van der Waals surface area (Å²) in [7, 11) is 0. The number of unbranched alkanes of at least 4 members (excludes halogenated alkanes) is 1. The van der Waals surface area contributed by atoms with Crippen LogP contribution in [-0.4, -0.2) is 31.7 Å². The Balaban J connectivity index is 1.86. The van der Waals surface area contributed by atoms with Crippen LogP contribution in [0.3, 0.4) is 0 Å². The summed E-state index contributed by atoms with van der Waals surface area (Å²) in [5.74, 6) is 0.317. The van der Waals surface area contributed by atoms with Crippen molar-refractivity contribution in [1.82, 2.24) is 0 Å². The summed E-state index contributed by atoms with van der Waals surface area (Å²) in [6.45, 7) is 6.85. The molecule has 0 atom stereocenters. The molecule has 0 aliphatic rings. The van der Waals surface area contributed by atoms with Crippen molar-refractivity contribution in [2.45, 2.75) is 40.0 Å². The average Bonchev–Trinajstić information content (AvgIpc) is 2.78. The number of ether oxygens (including phenoxy) is 3. The van der Waals surface area contributed by atoms with E-state index in [0.29, 0.717) is 30.4 Å². The first-order valence-electron chi connectivity index (χ1n) is 10.7. The summed E-state index contributed by atoms with van der Waals surface area (Å²) in [5, 5.41) is 2.70. The lowest BCUT2D eigenvalue weighted by atomic mass is 10.1. The van der Waals surface area contributed by atoms with Crippen molar-refractivity contribution in [1.29, 1.82) is 0 Å². The SMILES string of the molecule is CCCCOc1ccc(/C=C/C(=O)OCC(=O)Nc2ccc(CC)cc2)cc1OCC. The number of carbonyl (C=O) groups is 2. The predicted molar refractivity (Wildman–Crippen MR) is 122 cm³/mol. The third-order valence-corrected chi connectivity index (χ3v) is 4.43. The Labute approximate surface area is 184 Å². The van der Waals surface area contributed by atoms with Gasteiger partial charge in [0.25, 0.3) is 5.91 Å². The summed E-state index contributed by atoms with van der Waals surface area (Å²) < 4.78 is 16.4. The molecular weight excluding hydrogens is 394 g/mol. The number of hydrogen-bond acceptors (Lipinski definition) is 5. The van der Waals surface area contributed by atoms with E-state index in [4.69, 9.17) is 14.2 Å². The maximum atomic E-state index is 12.0. The Kier molecular flexibility index (Phi) is 10.1. The first kappa shape index (κ1) is 24.0. The number of carbonyl (C=O) groups excluding carboxylic acids is 2. The molecule has 6 nitrogen and oxygen atoms in total. The number of esters is 1. The molecule has 0 aliphatic carbocycles. The molecule has 0 saturated carbocycles. The third-order valence-electron chi connectivity index (χ3n) is 4.43. The summed E-state index contributed by atoms with van der Waals surface area (Å²) in [5.41, 5.74) is 2.62. The summed E-state index contributed by atoms with van der Waals surface area (Å²) in [6.07, 6.45) is 5.85. The Morgan fingerprint density at radius 3 is 2.42 bits per heavy atom. The zero-order chi connectivity index (χ0) is 22.5. The molecule has 0 aromatic heterocycles. The standard InChI is InChI=1S/C25H31NO5/c1-4-7-16-30-22-14-10-20(17-23(22)29-6-3)11-15-25(28)31-18-24(27)26-21-12-8-19(5-2)9-13-21/h8-15,17H,4-7,16,18H2,1-3H3,(H,26,27)/b15-11+. The number of benzene rings is 2. The first-order valence-corrected chi connectivity index (χ1v) is 10.7. The molecule has 0 unspecified atom stereocenters.